The molecule has 2 amide bonds. The lowest BCUT2D eigenvalue weighted by Gasteiger charge is -2.32. The summed E-state index contributed by atoms with van der Waals surface area (Å²) in [7, 11) is 0. The van der Waals surface area contributed by atoms with Crippen molar-refractivity contribution >= 4 is 12.0 Å². The van der Waals surface area contributed by atoms with Crippen LogP contribution in [0.1, 0.15) is 58.8 Å². The number of carbonyl (C=O) groups excluding carboxylic acids is 1. The molecule has 0 aromatic heterocycles. The highest BCUT2D eigenvalue weighted by Gasteiger charge is 2.32. The second kappa shape index (κ2) is 8.41. The number of nitrogens with zero attached hydrogens (tertiary/aromatic N) is 2. The number of nitrogens with one attached hydrogen (secondary N) is 2. The number of urea groups is 1. The van der Waals surface area contributed by atoms with Crippen molar-refractivity contribution in [2.45, 2.75) is 64.8 Å². The van der Waals surface area contributed by atoms with Gasteiger partial charge in [0.05, 0.1) is 0 Å². The lowest BCUT2D eigenvalue weighted by Crippen LogP contribution is -2.50. The number of guanidine groups is 1. The molecule has 0 radical (unpaired) electrons. The molecule has 6 nitrogen and oxygen atoms in total. The van der Waals surface area contributed by atoms with Crippen LogP contribution in [0.25, 0.3) is 0 Å². The SMILES string of the molecule is CCNC(=NCC1(CC)CCCC1)NC1CCN(C(N)=O)CC1. The van der Waals surface area contributed by atoms with Gasteiger partial charge in [0.15, 0.2) is 5.96 Å². The Morgan fingerprint density at radius 3 is 2.43 bits per heavy atom. The average molecular weight is 323 g/mol. The molecular weight excluding hydrogens is 290 g/mol. The zero-order valence-electron chi connectivity index (χ0n) is 14.7. The lowest BCUT2D eigenvalue weighted by molar-refractivity contribution is 0.188. The van der Waals surface area contributed by atoms with Gasteiger partial charge in [0.25, 0.3) is 0 Å². The molecule has 2 fully saturated rings. The summed E-state index contributed by atoms with van der Waals surface area (Å²) in [4.78, 5) is 17.8. The van der Waals surface area contributed by atoms with E-state index in [0.29, 0.717) is 11.5 Å². The first-order valence-corrected chi connectivity index (χ1v) is 9.18. The number of nitrogens with two attached hydrogens (primary N) is 1. The number of piperidine rings is 1. The summed E-state index contributed by atoms with van der Waals surface area (Å²) < 4.78 is 0. The van der Waals surface area contributed by atoms with Crippen LogP contribution in [-0.4, -0.2) is 49.1 Å². The Morgan fingerprint density at radius 2 is 1.91 bits per heavy atom. The van der Waals surface area contributed by atoms with E-state index in [1.807, 2.05) is 0 Å². The smallest absolute Gasteiger partial charge is 0.314 e. The highest BCUT2D eigenvalue weighted by atomic mass is 16.2. The van der Waals surface area contributed by atoms with Gasteiger partial charge in [-0.2, -0.15) is 0 Å². The molecule has 2 aliphatic rings. The van der Waals surface area contributed by atoms with E-state index in [2.05, 4.69) is 24.5 Å². The van der Waals surface area contributed by atoms with Crippen molar-refractivity contribution in [3.63, 3.8) is 0 Å². The molecule has 0 atom stereocenters. The van der Waals surface area contributed by atoms with E-state index in [4.69, 9.17) is 10.7 Å². The van der Waals surface area contributed by atoms with Gasteiger partial charge in [-0.25, -0.2) is 4.79 Å². The molecular formula is C17H33N5O. The number of primary amides is 1. The fraction of sp³-hybridized carbons (Fsp3) is 0.882. The first-order valence-electron chi connectivity index (χ1n) is 9.18. The number of amides is 2. The molecule has 2 rings (SSSR count). The zero-order valence-corrected chi connectivity index (χ0v) is 14.7. The summed E-state index contributed by atoms with van der Waals surface area (Å²) >= 11 is 0. The van der Waals surface area contributed by atoms with Crippen LogP contribution < -0.4 is 16.4 Å². The van der Waals surface area contributed by atoms with Crippen LogP contribution in [0.3, 0.4) is 0 Å². The van der Waals surface area contributed by atoms with Gasteiger partial charge in [0.1, 0.15) is 0 Å². The quantitative estimate of drug-likeness (QED) is 0.535. The maximum Gasteiger partial charge on any atom is 0.314 e. The maximum atomic E-state index is 11.2. The summed E-state index contributed by atoms with van der Waals surface area (Å²) in [6, 6.07) is 0.0553. The summed E-state index contributed by atoms with van der Waals surface area (Å²) in [5.41, 5.74) is 5.75. The Kier molecular flexibility index (Phi) is 6.54. The van der Waals surface area contributed by atoms with Crippen LogP contribution in [0.4, 0.5) is 4.79 Å². The molecule has 1 saturated heterocycles. The molecule has 1 saturated carbocycles. The monoisotopic (exact) mass is 323 g/mol. The van der Waals surface area contributed by atoms with Gasteiger partial charge in [0.2, 0.25) is 0 Å². The molecule has 0 aromatic carbocycles. The van der Waals surface area contributed by atoms with Gasteiger partial charge in [-0.05, 0) is 44.4 Å². The number of hydrogen-bond donors (Lipinski definition) is 3. The normalized spacial score (nSPS) is 22.2. The van der Waals surface area contributed by atoms with Crippen molar-refractivity contribution in [3.05, 3.63) is 0 Å². The second-order valence-electron chi connectivity index (χ2n) is 7.00. The largest absolute Gasteiger partial charge is 0.357 e. The zero-order chi connectivity index (χ0) is 16.7. The highest BCUT2D eigenvalue weighted by Crippen LogP contribution is 2.41. The highest BCUT2D eigenvalue weighted by molar-refractivity contribution is 5.80. The molecule has 4 N–H and O–H groups in total. The van der Waals surface area contributed by atoms with E-state index in [-0.39, 0.29) is 6.03 Å². The Morgan fingerprint density at radius 1 is 1.26 bits per heavy atom. The van der Waals surface area contributed by atoms with Crippen LogP contribution in [0.2, 0.25) is 0 Å². The Labute approximate surface area is 140 Å². The lowest BCUT2D eigenvalue weighted by atomic mass is 9.84. The summed E-state index contributed by atoms with van der Waals surface area (Å²) in [6.45, 7) is 7.62. The van der Waals surface area contributed by atoms with E-state index in [0.717, 1.165) is 45.0 Å². The van der Waals surface area contributed by atoms with Crippen LogP contribution in [0, 0.1) is 5.41 Å². The third-order valence-electron chi connectivity index (χ3n) is 5.48. The molecule has 0 spiro atoms. The number of rotatable bonds is 5. The summed E-state index contributed by atoms with van der Waals surface area (Å²) in [6.07, 6.45) is 8.37. The van der Waals surface area contributed by atoms with Gasteiger partial charge in [0, 0.05) is 32.2 Å². The number of hydrogen-bond acceptors (Lipinski definition) is 2. The predicted molar refractivity (Wildman–Crippen MR) is 94.5 cm³/mol. The molecule has 6 heteroatoms. The topological polar surface area (TPSA) is 82.8 Å². The van der Waals surface area contributed by atoms with Crippen molar-refractivity contribution in [1.29, 1.82) is 0 Å². The van der Waals surface area contributed by atoms with Crippen molar-refractivity contribution < 1.29 is 4.79 Å². The van der Waals surface area contributed by atoms with Gasteiger partial charge in [-0.3, -0.25) is 4.99 Å². The van der Waals surface area contributed by atoms with Crippen molar-refractivity contribution in [2.24, 2.45) is 16.1 Å². The fourth-order valence-electron chi connectivity index (χ4n) is 3.75. The van der Waals surface area contributed by atoms with Gasteiger partial charge >= 0.3 is 6.03 Å². The third-order valence-corrected chi connectivity index (χ3v) is 5.48. The van der Waals surface area contributed by atoms with Crippen molar-refractivity contribution in [1.82, 2.24) is 15.5 Å². The Hall–Kier alpha value is -1.46. The first-order chi connectivity index (χ1) is 11.1. The van der Waals surface area contributed by atoms with Gasteiger partial charge < -0.3 is 21.3 Å². The molecule has 0 aromatic rings. The molecule has 1 heterocycles. The Bertz CT molecular complexity index is 409. The van der Waals surface area contributed by atoms with E-state index in [1.54, 1.807) is 4.90 Å². The second-order valence-corrected chi connectivity index (χ2v) is 7.00. The number of aliphatic imine (C=N–C) groups is 1. The summed E-state index contributed by atoms with van der Waals surface area (Å²) in [5, 5.41) is 6.90. The van der Waals surface area contributed by atoms with Gasteiger partial charge in [-0.15, -0.1) is 0 Å². The van der Waals surface area contributed by atoms with E-state index in [9.17, 15) is 4.79 Å². The van der Waals surface area contributed by atoms with E-state index in [1.165, 1.54) is 32.1 Å². The summed E-state index contributed by atoms with van der Waals surface area (Å²) in [5.74, 6) is 0.921. The minimum Gasteiger partial charge on any atom is -0.357 e. The molecule has 1 aliphatic carbocycles. The average Bonchev–Trinajstić information content (AvgIpc) is 3.03. The Balaban J connectivity index is 1.88. The van der Waals surface area contributed by atoms with Crippen LogP contribution in [0.15, 0.2) is 4.99 Å². The molecule has 132 valence electrons. The maximum absolute atomic E-state index is 11.2. The van der Waals surface area contributed by atoms with Crippen LogP contribution >= 0.6 is 0 Å². The number of carbonyl (C=O) groups is 1. The van der Waals surface area contributed by atoms with Crippen LogP contribution in [0.5, 0.6) is 0 Å². The van der Waals surface area contributed by atoms with E-state index >= 15 is 0 Å². The van der Waals surface area contributed by atoms with Crippen LogP contribution in [-0.2, 0) is 0 Å². The molecule has 1 aliphatic heterocycles. The van der Waals surface area contributed by atoms with Gasteiger partial charge in [-0.1, -0.05) is 19.8 Å². The predicted octanol–water partition coefficient (Wildman–Crippen LogP) is 2.05. The van der Waals surface area contributed by atoms with Crippen molar-refractivity contribution in [2.75, 3.05) is 26.2 Å². The third kappa shape index (κ3) is 5.01. The first kappa shape index (κ1) is 17.9. The standard InChI is InChI=1S/C17H33N5O/c1-3-17(9-5-6-10-17)13-20-16(19-4-2)21-14-7-11-22(12-8-14)15(18)23/h14H,3-13H2,1-2H3,(H2,18,23)(H2,19,20,21). The minimum absolute atomic E-state index is 0.310. The molecule has 0 unspecified atom stereocenters. The minimum atomic E-state index is -0.310. The van der Waals surface area contributed by atoms with E-state index < -0.39 is 0 Å². The molecule has 0 bridgehead atoms. The number of likely N-dealkylation sites (tertiary alicyclic amines) is 1. The fourth-order valence-corrected chi connectivity index (χ4v) is 3.75. The van der Waals surface area contributed by atoms with Crippen molar-refractivity contribution in [3.8, 4) is 0 Å². The molecule has 23 heavy (non-hydrogen) atoms.